The van der Waals surface area contributed by atoms with Crippen LogP contribution in [-0.4, -0.2) is 25.0 Å². The van der Waals surface area contributed by atoms with Crippen molar-refractivity contribution in [2.45, 2.75) is 26.7 Å². The van der Waals surface area contributed by atoms with Crippen LogP contribution < -0.4 is 0 Å². The summed E-state index contributed by atoms with van der Waals surface area (Å²) in [6, 6.07) is 0. The first-order valence-electron chi connectivity index (χ1n) is 4.24. The van der Waals surface area contributed by atoms with Crippen molar-refractivity contribution >= 4 is 0 Å². The molecule has 1 heterocycles. The molecule has 10 heavy (non-hydrogen) atoms. The molecule has 2 fully saturated rings. The minimum Gasteiger partial charge on any atom is -0.306 e. The van der Waals surface area contributed by atoms with Crippen LogP contribution in [0.4, 0.5) is 0 Å². The number of likely N-dealkylation sites (tertiary alicyclic amines) is 1. The van der Waals surface area contributed by atoms with Gasteiger partial charge in [0.2, 0.25) is 0 Å². The molecule has 1 saturated heterocycles. The van der Waals surface area contributed by atoms with Crippen LogP contribution in [0.2, 0.25) is 0 Å². The average molecular weight is 139 g/mol. The number of rotatable bonds is 0. The predicted octanol–water partition coefficient (Wildman–Crippen LogP) is 1.74. The Morgan fingerprint density at radius 2 is 1.90 bits per heavy atom. The summed E-state index contributed by atoms with van der Waals surface area (Å²) in [5.41, 5.74) is 1.40. The fourth-order valence-electron chi connectivity index (χ4n) is 2.57. The minimum atomic E-state index is 0.681. The van der Waals surface area contributed by atoms with E-state index in [1.165, 1.54) is 25.9 Å². The molecule has 0 aromatic heterocycles. The van der Waals surface area contributed by atoms with E-state index in [4.69, 9.17) is 0 Å². The molecular formula is C9H17N. The lowest BCUT2D eigenvalue weighted by molar-refractivity contribution is 0.166. The molecule has 0 radical (unpaired) electrons. The van der Waals surface area contributed by atoms with Crippen LogP contribution in [0.15, 0.2) is 0 Å². The summed E-state index contributed by atoms with van der Waals surface area (Å²) in [4.78, 5) is 2.47. The molecule has 0 bridgehead atoms. The summed E-state index contributed by atoms with van der Waals surface area (Å²) in [5, 5.41) is 0. The van der Waals surface area contributed by atoms with E-state index in [9.17, 15) is 0 Å². The van der Waals surface area contributed by atoms with Gasteiger partial charge in [-0.2, -0.15) is 0 Å². The van der Waals surface area contributed by atoms with E-state index >= 15 is 0 Å². The minimum absolute atomic E-state index is 0.681. The molecule has 1 heteroatoms. The molecule has 1 aliphatic carbocycles. The molecule has 1 nitrogen and oxygen atoms in total. The second-order valence-electron chi connectivity index (χ2n) is 4.79. The van der Waals surface area contributed by atoms with E-state index in [1.54, 1.807) is 0 Å². The molecule has 1 saturated carbocycles. The van der Waals surface area contributed by atoms with E-state index in [0.29, 0.717) is 5.41 Å². The van der Waals surface area contributed by atoms with Gasteiger partial charge in [0, 0.05) is 6.54 Å². The van der Waals surface area contributed by atoms with E-state index < -0.39 is 0 Å². The molecule has 0 aromatic rings. The second kappa shape index (κ2) is 1.58. The van der Waals surface area contributed by atoms with Gasteiger partial charge in [-0.3, -0.25) is 0 Å². The third-order valence-corrected chi connectivity index (χ3v) is 3.78. The zero-order valence-electron chi connectivity index (χ0n) is 7.28. The molecule has 0 unspecified atom stereocenters. The third-order valence-electron chi connectivity index (χ3n) is 3.78. The highest BCUT2D eigenvalue weighted by molar-refractivity contribution is 5.12. The maximum Gasteiger partial charge on any atom is 0.00377 e. The van der Waals surface area contributed by atoms with Crippen LogP contribution >= 0.6 is 0 Å². The van der Waals surface area contributed by atoms with Gasteiger partial charge in [-0.1, -0.05) is 13.8 Å². The third kappa shape index (κ3) is 0.672. The van der Waals surface area contributed by atoms with E-state index in [2.05, 4.69) is 25.8 Å². The standard InChI is InChI=1S/C9H17N/c1-8-4-5-10(3)7-9(8,2)6-8/h4-7H2,1-3H3/t8-,9-/m1/s1. The van der Waals surface area contributed by atoms with Crippen LogP contribution in [-0.2, 0) is 0 Å². The van der Waals surface area contributed by atoms with Gasteiger partial charge in [-0.25, -0.2) is 0 Å². The molecule has 2 rings (SSSR count). The van der Waals surface area contributed by atoms with Gasteiger partial charge in [0.25, 0.3) is 0 Å². The van der Waals surface area contributed by atoms with Crippen LogP contribution in [0.1, 0.15) is 26.7 Å². The van der Waals surface area contributed by atoms with Gasteiger partial charge in [-0.15, -0.1) is 0 Å². The van der Waals surface area contributed by atoms with Crippen LogP contribution in [0.25, 0.3) is 0 Å². The molecule has 0 amide bonds. The Kier molecular flexibility index (Phi) is 1.05. The largest absolute Gasteiger partial charge is 0.306 e. The Bertz CT molecular complexity index is 166. The van der Waals surface area contributed by atoms with Crippen LogP contribution in [0.5, 0.6) is 0 Å². The molecule has 1 aliphatic heterocycles. The van der Waals surface area contributed by atoms with Crippen molar-refractivity contribution in [3.05, 3.63) is 0 Å². The zero-order chi connectivity index (χ0) is 7.41. The van der Waals surface area contributed by atoms with Crippen molar-refractivity contribution in [3.63, 3.8) is 0 Å². The summed E-state index contributed by atoms with van der Waals surface area (Å²) in [7, 11) is 2.24. The zero-order valence-corrected chi connectivity index (χ0v) is 7.28. The SMILES string of the molecule is CN1CC[C@]2(C)C[C@]2(C)C1. The fraction of sp³-hybridized carbons (Fsp3) is 1.00. The number of hydrogen-bond acceptors (Lipinski definition) is 1. The van der Waals surface area contributed by atoms with Gasteiger partial charge in [0.05, 0.1) is 0 Å². The van der Waals surface area contributed by atoms with E-state index in [0.717, 1.165) is 5.41 Å². The van der Waals surface area contributed by atoms with Crippen molar-refractivity contribution in [1.29, 1.82) is 0 Å². The molecule has 2 atom stereocenters. The van der Waals surface area contributed by atoms with Gasteiger partial charge in [0.1, 0.15) is 0 Å². The van der Waals surface area contributed by atoms with E-state index in [1.807, 2.05) is 0 Å². The highest BCUT2D eigenvalue weighted by Gasteiger charge is 2.62. The molecule has 0 spiro atoms. The van der Waals surface area contributed by atoms with Gasteiger partial charge in [-0.05, 0) is 37.3 Å². The monoisotopic (exact) mass is 139 g/mol. The topological polar surface area (TPSA) is 3.24 Å². The number of nitrogens with zero attached hydrogens (tertiary/aromatic N) is 1. The molecule has 0 aromatic carbocycles. The predicted molar refractivity (Wildman–Crippen MR) is 42.9 cm³/mol. The highest BCUT2D eigenvalue weighted by Crippen LogP contribution is 2.67. The van der Waals surface area contributed by atoms with Crippen molar-refractivity contribution in [1.82, 2.24) is 4.90 Å². The normalized spacial score (nSPS) is 54.3. The first-order valence-corrected chi connectivity index (χ1v) is 4.24. The van der Waals surface area contributed by atoms with Gasteiger partial charge < -0.3 is 4.90 Å². The van der Waals surface area contributed by atoms with Crippen LogP contribution in [0.3, 0.4) is 0 Å². The van der Waals surface area contributed by atoms with Gasteiger partial charge in [0.15, 0.2) is 0 Å². The van der Waals surface area contributed by atoms with Crippen molar-refractivity contribution in [2.75, 3.05) is 20.1 Å². The summed E-state index contributed by atoms with van der Waals surface area (Å²) in [5.74, 6) is 0. The lowest BCUT2D eigenvalue weighted by Crippen LogP contribution is -2.35. The second-order valence-corrected chi connectivity index (χ2v) is 4.79. The smallest absolute Gasteiger partial charge is 0.00377 e. The first-order chi connectivity index (χ1) is 4.56. The lowest BCUT2D eigenvalue weighted by Gasteiger charge is -2.31. The number of fused-ring (bicyclic) bond motifs is 1. The summed E-state index contributed by atoms with van der Waals surface area (Å²) < 4.78 is 0. The maximum absolute atomic E-state index is 2.47. The Labute approximate surface area is 63.4 Å². The Balaban J connectivity index is 2.12. The molecule has 58 valence electrons. The molecule has 0 N–H and O–H groups in total. The Morgan fingerprint density at radius 3 is 2.40 bits per heavy atom. The van der Waals surface area contributed by atoms with Crippen LogP contribution in [0, 0.1) is 10.8 Å². The number of piperidine rings is 1. The Morgan fingerprint density at radius 1 is 1.20 bits per heavy atom. The lowest BCUT2D eigenvalue weighted by atomic mass is 9.89. The molecule has 2 aliphatic rings. The highest BCUT2D eigenvalue weighted by atomic mass is 15.1. The van der Waals surface area contributed by atoms with Crippen molar-refractivity contribution < 1.29 is 0 Å². The molecular weight excluding hydrogens is 122 g/mol. The summed E-state index contributed by atoms with van der Waals surface area (Å²) in [6.45, 7) is 7.51. The maximum atomic E-state index is 2.47. The van der Waals surface area contributed by atoms with Crippen molar-refractivity contribution in [2.24, 2.45) is 10.8 Å². The van der Waals surface area contributed by atoms with Crippen molar-refractivity contribution in [3.8, 4) is 0 Å². The summed E-state index contributed by atoms with van der Waals surface area (Å²) >= 11 is 0. The number of hydrogen-bond donors (Lipinski definition) is 0. The van der Waals surface area contributed by atoms with E-state index in [-0.39, 0.29) is 0 Å². The summed E-state index contributed by atoms with van der Waals surface area (Å²) in [6.07, 6.45) is 2.88. The average Bonchev–Trinajstić information content (AvgIpc) is 2.33. The quantitative estimate of drug-likeness (QED) is 0.494. The first kappa shape index (κ1) is 6.66. The Hall–Kier alpha value is -0.0400. The van der Waals surface area contributed by atoms with Gasteiger partial charge >= 0.3 is 0 Å². The fourth-order valence-corrected chi connectivity index (χ4v) is 2.57.